The summed E-state index contributed by atoms with van der Waals surface area (Å²) in [6, 6.07) is 0.584. The van der Waals surface area contributed by atoms with Gasteiger partial charge in [-0.05, 0) is 46.0 Å². The topological polar surface area (TPSA) is 24.5 Å². The van der Waals surface area contributed by atoms with Gasteiger partial charge in [0.1, 0.15) is 0 Å². The molecule has 1 saturated heterocycles. The summed E-state index contributed by atoms with van der Waals surface area (Å²) in [5, 5.41) is 3.75. The third kappa shape index (κ3) is 4.44. The first-order valence-corrected chi connectivity index (χ1v) is 7.97. The summed E-state index contributed by atoms with van der Waals surface area (Å²) < 4.78 is 5.57. The predicted octanol–water partition coefficient (Wildman–Crippen LogP) is 2.66. The summed E-state index contributed by atoms with van der Waals surface area (Å²) in [6.07, 6.45) is 5.59. The van der Waals surface area contributed by atoms with Gasteiger partial charge < -0.3 is 10.1 Å². The Bertz CT molecular complexity index is 279. The smallest absolute Gasteiger partial charge is 0.0619 e. The Morgan fingerprint density at radius 3 is 2.53 bits per heavy atom. The monoisotopic (exact) mass is 268 g/mol. The molecule has 0 aromatic rings. The Kier molecular flexibility index (Phi) is 4.91. The second-order valence-electron chi connectivity index (χ2n) is 7.71. The fraction of sp³-hybridized carbons (Fsp3) is 1.00. The molecule has 2 aliphatic rings. The van der Waals surface area contributed by atoms with Crippen LogP contribution in [0.15, 0.2) is 0 Å². The molecule has 1 N–H and O–H groups in total. The van der Waals surface area contributed by atoms with Gasteiger partial charge in [-0.3, -0.25) is 4.90 Å². The molecule has 1 aliphatic heterocycles. The van der Waals surface area contributed by atoms with Gasteiger partial charge in [0.15, 0.2) is 0 Å². The molecule has 1 unspecified atom stereocenters. The molecule has 0 spiro atoms. The highest BCUT2D eigenvalue weighted by Gasteiger charge is 2.37. The fourth-order valence-electron chi connectivity index (χ4n) is 3.40. The van der Waals surface area contributed by atoms with Crippen molar-refractivity contribution in [3.8, 4) is 0 Å². The lowest BCUT2D eigenvalue weighted by atomic mass is 9.84. The molecule has 1 atom stereocenters. The van der Waals surface area contributed by atoms with Crippen LogP contribution in [-0.2, 0) is 4.74 Å². The SMILES string of the molecule is CC1COCCN1CC1(CNC(C)(C)C)CCCC1. The van der Waals surface area contributed by atoms with Crippen LogP contribution in [0.4, 0.5) is 0 Å². The lowest BCUT2D eigenvalue weighted by Crippen LogP contribution is -2.52. The van der Waals surface area contributed by atoms with Crippen molar-refractivity contribution in [1.82, 2.24) is 10.2 Å². The van der Waals surface area contributed by atoms with Crippen LogP contribution >= 0.6 is 0 Å². The van der Waals surface area contributed by atoms with Crippen LogP contribution < -0.4 is 5.32 Å². The minimum atomic E-state index is 0.228. The molecule has 3 nitrogen and oxygen atoms in total. The van der Waals surface area contributed by atoms with E-state index in [1.807, 2.05) is 0 Å². The van der Waals surface area contributed by atoms with Crippen LogP contribution in [0.5, 0.6) is 0 Å². The van der Waals surface area contributed by atoms with Gasteiger partial charge in [0.05, 0.1) is 13.2 Å². The van der Waals surface area contributed by atoms with Crippen molar-refractivity contribution < 1.29 is 4.74 Å². The molecule has 1 aliphatic carbocycles. The lowest BCUT2D eigenvalue weighted by molar-refractivity contribution is -0.0205. The van der Waals surface area contributed by atoms with Gasteiger partial charge in [-0.15, -0.1) is 0 Å². The van der Waals surface area contributed by atoms with Gasteiger partial charge in [0.25, 0.3) is 0 Å². The van der Waals surface area contributed by atoms with Gasteiger partial charge in [-0.25, -0.2) is 0 Å². The van der Waals surface area contributed by atoms with E-state index in [9.17, 15) is 0 Å². The quantitative estimate of drug-likeness (QED) is 0.848. The van der Waals surface area contributed by atoms with Crippen molar-refractivity contribution in [2.75, 3.05) is 32.8 Å². The predicted molar refractivity (Wildman–Crippen MR) is 80.5 cm³/mol. The summed E-state index contributed by atoms with van der Waals surface area (Å²) >= 11 is 0. The van der Waals surface area contributed by atoms with Gasteiger partial charge in [0, 0.05) is 31.2 Å². The molecule has 1 saturated carbocycles. The van der Waals surface area contributed by atoms with E-state index in [1.165, 1.54) is 38.8 Å². The normalized spacial score (nSPS) is 28.7. The maximum Gasteiger partial charge on any atom is 0.0619 e. The van der Waals surface area contributed by atoms with Gasteiger partial charge >= 0.3 is 0 Å². The molecule has 3 heteroatoms. The molecule has 0 bridgehead atoms. The second-order valence-corrected chi connectivity index (χ2v) is 7.71. The number of ether oxygens (including phenoxy) is 1. The van der Waals surface area contributed by atoms with E-state index < -0.39 is 0 Å². The van der Waals surface area contributed by atoms with E-state index in [0.717, 1.165) is 19.8 Å². The molecular weight excluding hydrogens is 236 g/mol. The Morgan fingerprint density at radius 1 is 1.26 bits per heavy atom. The van der Waals surface area contributed by atoms with Crippen molar-refractivity contribution in [2.24, 2.45) is 5.41 Å². The van der Waals surface area contributed by atoms with Crippen molar-refractivity contribution >= 4 is 0 Å². The largest absolute Gasteiger partial charge is 0.379 e. The van der Waals surface area contributed by atoms with E-state index in [-0.39, 0.29) is 5.54 Å². The maximum absolute atomic E-state index is 5.57. The van der Waals surface area contributed by atoms with Gasteiger partial charge in [-0.2, -0.15) is 0 Å². The average Bonchev–Trinajstić information content (AvgIpc) is 2.78. The van der Waals surface area contributed by atoms with Gasteiger partial charge in [0.2, 0.25) is 0 Å². The molecule has 0 amide bonds. The second kappa shape index (κ2) is 6.11. The highest BCUT2D eigenvalue weighted by atomic mass is 16.5. The number of nitrogens with zero attached hydrogens (tertiary/aromatic N) is 1. The van der Waals surface area contributed by atoms with Crippen molar-refractivity contribution in [1.29, 1.82) is 0 Å². The standard InChI is InChI=1S/C16H32N2O/c1-14-11-19-10-9-18(14)13-16(7-5-6-8-16)12-17-15(2,3)4/h14,17H,5-13H2,1-4H3. The van der Waals surface area contributed by atoms with Crippen LogP contribution in [-0.4, -0.2) is 49.3 Å². The Morgan fingerprint density at radius 2 is 1.95 bits per heavy atom. The van der Waals surface area contributed by atoms with E-state index in [2.05, 4.69) is 37.9 Å². The highest BCUT2D eigenvalue weighted by molar-refractivity contribution is 4.92. The third-order valence-corrected chi connectivity index (χ3v) is 4.70. The van der Waals surface area contributed by atoms with Crippen molar-refractivity contribution in [2.45, 2.75) is 65.0 Å². The number of hydrogen-bond acceptors (Lipinski definition) is 3. The first-order valence-electron chi connectivity index (χ1n) is 7.97. The fourth-order valence-corrected chi connectivity index (χ4v) is 3.40. The zero-order chi connectivity index (χ0) is 13.9. The molecule has 112 valence electrons. The summed E-state index contributed by atoms with van der Waals surface area (Å²) in [7, 11) is 0. The molecule has 0 aromatic heterocycles. The maximum atomic E-state index is 5.57. The van der Waals surface area contributed by atoms with E-state index in [4.69, 9.17) is 4.74 Å². The van der Waals surface area contributed by atoms with E-state index >= 15 is 0 Å². The number of morpholine rings is 1. The van der Waals surface area contributed by atoms with Crippen LogP contribution in [0.25, 0.3) is 0 Å². The Hall–Kier alpha value is -0.120. The minimum absolute atomic E-state index is 0.228. The molecule has 19 heavy (non-hydrogen) atoms. The zero-order valence-corrected chi connectivity index (χ0v) is 13.3. The van der Waals surface area contributed by atoms with Crippen LogP contribution in [0.1, 0.15) is 53.4 Å². The minimum Gasteiger partial charge on any atom is -0.379 e. The average molecular weight is 268 g/mol. The highest BCUT2D eigenvalue weighted by Crippen LogP contribution is 2.39. The number of rotatable bonds is 4. The van der Waals surface area contributed by atoms with Crippen molar-refractivity contribution in [3.63, 3.8) is 0 Å². The summed E-state index contributed by atoms with van der Waals surface area (Å²) in [6.45, 7) is 14.5. The van der Waals surface area contributed by atoms with Gasteiger partial charge in [-0.1, -0.05) is 12.8 Å². The molecule has 1 heterocycles. The summed E-state index contributed by atoms with van der Waals surface area (Å²) in [5.74, 6) is 0. The van der Waals surface area contributed by atoms with Crippen LogP contribution in [0, 0.1) is 5.41 Å². The lowest BCUT2D eigenvalue weighted by Gasteiger charge is -2.42. The molecule has 0 radical (unpaired) electrons. The van der Waals surface area contributed by atoms with E-state index in [0.29, 0.717) is 11.5 Å². The Labute approximate surface area is 119 Å². The summed E-state index contributed by atoms with van der Waals surface area (Å²) in [5.41, 5.74) is 0.727. The molecule has 0 aromatic carbocycles. The van der Waals surface area contributed by atoms with E-state index in [1.54, 1.807) is 0 Å². The third-order valence-electron chi connectivity index (χ3n) is 4.70. The van der Waals surface area contributed by atoms with Crippen LogP contribution in [0.3, 0.4) is 0 Å². The van der Waals surface area contributed by atoms with Crippen molar-refractivity contribution in [3.05, 3.63) is 0 Å². The number of hydrogen-bond donors (Lipinski definition) is 1. The number of nitrogens with one attached hydrogen (secondary N) is 1. The summed E-state index contributed by atoms with van der Waals surface area (Å²) in [4.78, 5) is 2.65. The first kappa shape index (κ1) is 15.3. The molecule has 2 fully saturated rings. The first-order chi connectivity index (χ1) is 8.90. The molecule has 2 rings (SSSR count). The van der Waals surface area contributed by atoms with Crippen LogP contribution in [0.2, 0.25) is 0 Å². The molecular formula is C16H32N2O. The Balaban J connectivity index is 1.94. The zero-order valence-electron chi connectivity index (χ0n) is 13.3.